The van der Waals surface area contributed by atoms with E-state index in [1.165, 1.54) is 0 Å². The molecule has 0 saturated heterocycles. The molecule has 3 nitrogen and oxygen atoms in total. The number of hydrogen-bond acceptors (Lipinski definition) is 3. The van der Waals surface area contributed by atoms with Crippen LogP contribution in [0.2, 0.25) is 0 Å². The van der Waals surface area contributed by atoms with E-state index in [0.29, 0.717) is 5.56 Å². The van der Waals surface area contributed by atoms with Crippen molar-refractivity contribution in [3.05, 3.63) is 35.9 Å². The fourth-order valence-corrected chi connectivity index (χ4v) is 1.73. The SMILES string of the molecule is CC(=O)S(=O)(=O)Cc1ccccc1. The van der Waals surface area contributed by atoms with Crippen molar-refractivity contribution < 1.29 is 13.2 Å². The lowest BCUT2D eigenvalue weighted by Crippen LogP contribution is -2.12. The number of benzene rings is 1. The maximum absolute atomic E-state index is 11.2. The van der Waals surface area contributed by atoms with E-state index in [9.17, 15) is 13.2 Å². The molecule has 0 atom stereocenters. The number of sulfone groups is 1. The molecular weight excluding hydrogens is 188 g/mol. The van der Waals surface area contributed by atoms with Gasteiger partial charge in [-0.05, 0) is 5.56 Å². The van der Waals surface area contributed by atoms with Crippen molar-refractivity contribution in [3.63, 3.8) is 0 Å². The molecule has 0 aromatic heterocycles. The molecule has 1 rings (SSSR count). The normalized spacial score (nSPS) is 11.2. The lowest BCUT2D eigenvalue weighted by Gasteiger charge is -1.99. The summed E-state index contributed by atoms with van der Waals surface area (Å²) in [4.78, 5) is 10.7. The molecule has 0 saturated carbocycles. The van der Waals surface area contributed by atoms with Crippen LogP contribution in [0.4, 0.5) is 0 Å². The fourth-order valence-electron chi connectivity index (χ4n) is 0.895. The zero-order valence-corrected chi connectivity index (χ0v) is 8.04. The van der Waals surface area contributed by atoms with E-state index in [2.05, 4.69) is 0 Å². The highest BCUT2D eigenvalue weighted by Gasteiger charge is 2.16. The van der Waals surface area contributed by atoms with Crippen molar-refractivity contribution in [2.45, 2.75) is 12.7 Å². The Kier molecular flexibility index (Phi) is 2.83. The average Bonchev–Trinajstić information content (AvgIpc) is 2.05. The van der Waals surface area contributed by atoms with Crippen LogP contribution in [0.5, 0.6) is 0 Å². The second kappa shape index (κ2) is 3.70. The molecule has 0 radical (unpaired) electrons. The molecule has 1 aromatic carbocycles. The summed E-state index contributed by atoms with van der Waals surface area (Å²) in [5.74, 6) is -0.205. The Morgan fingerprint density at radius 2 is 1.77 bits per heavy atom. The van der Waals surface area contributed by atoms with Crippen LogP contribution in [0.15, 0.2) is 30.3 Å². The third-order valence-corrected chi connectivity index (χ3v) is 3.23. The summed E-state index contributed by atoms with van der Waals surface area (Å²) in [6, 6.07) is 8.64. The lowest BCUT2D eigenvalue weighted by atomic mass is 10.2. The van der Waals surface area contributed by atoms with Gasteiger partial charge < -0.3 is 0 Å². The molecule has 0 amide bonds. The molecule has 0 aliphatic rings. The van der Waals surface area contributed by atoms with Gasteiger partial charge in [0.1, 0.15) is 0 Å². The first-order valence-corrected chi connectivity index (χ1v) is 5.45. The van der Waals surface area contributed by atoms with E-state index in [1.54, 1.807) is 30.3 Å². The molecule has 0 N–H and O–H groups in total. The van der Waals surface area contributed by atoms with E-state index in [1.807, 2.05) is 0 Å². The zero-order chi connectivity index (χ0) is 9.90. The van der Waals surface area contributed by atoms with Gasteiger partial charge in [0.2, 0.25) is 15.0 Å². The summed E-state index contributed by atoms with van der Waals surface area (Å²) in [5, 5.41) is -0.781. The first kappa shape index (κ1) is 9.92. The average molecular weight is 198 g/mol. The number of carbonyl (C=O) groups excluding carboxylic acids is 1. The third kappa shape index (κ3) is 2.66. The molecule has 13 heavy (non-hydrogen) atoms. The maximum atomic E-state index is 11.2. The van der Waals surface area contributed by atoms with Crippen LogP contribution in [0, 0.1) is 0 Å². The minimum absolute atomic E-state index is 0.205. The molecule has 70 valence electrons. The molecule has 0 unspecified atom stereocenters. The van der Waals surface area contributed by atoms with Gasteiger partial charge in [-0.25, -0.2) is 8.42 Å². The second-order valence-corrected chi connectivity index (χ2v) is 4.83. The van der Waals surface area contributed by atoms with E-state index >= 15 is 0 Å². The monoisotopic (exact) mass is 198 g/mol. The van der Waals surface area contributed by atoms with E-state index in [4.69, 9.17) is 0 Å². The molecular formula is C9H10O3S. The van der Waals surface area contributed by atoms with Crippen LogP contribution in [-0.2, 0) is 20.4 Å². The highest BCUT2D eigenvalue weighted by molar-refractivity contribution is 8.05. The van der Waals surface area contributed by atoms with Gasteiger partial charge >= 0.3 is 0 Å². The van der Waals surface area contributed by atoms with Crippen molar-refractivity contribution in [1.29, 1.82) is 0 Å². The molecule has 0 aliphatic carbocycles. The van der Waals surface area contributed by atoms with Crippen LogP contribution >= 0.6 is 0 Å². The summed E-state index contributed by atoms with van der Waals surface area (Å²) in [7, 11) is -3.59. The van der Waals surface area contributed by atoms with Gasteiger partial charge in [-0.15, -0.1) is 0 Å². The molecule has 0 heterocycles. The maximum Gasteiger partial charge on any atom is 0.243 e. The standard InChI is InChI=1S/C9H10O3S/c1-8(10)13(11,12)7-9-5-3-2-4-6-9/h2-6H,7H2,1H3. The van der Waals surface area contributed by atoms with Crippen LogP contribution in [-0.4, -0.2) is 13.5 Å². The van der Waals surface area contributed by atoms with Crippen LogP contribution < -0.4 is 0 Å². The van der Waals surface area contributed by atoms with Gasteiger partial charge in [0, 0.05) is 6.92 Å². The second-order valence-electron chi connectivity index (χ2n) is 2.74. The lowest BCUT2D eigenvalue weighted by molar-refractivity contribution is -0.109. The Labute approximate surface area is 77.3 Å². The largest absolute Gasteiger partial charge is 0.282 e. The summed E-state index contributed by atoms with van der Waals surface area (Å²) in [6.45, 7) is 1.07. The Morgan fingerprint density at radius 3 is 2.23 bits per heavy atom. The first-order chi connectivity index (χ1) is 6.02. The van der Waals surface area contributed by atoms with Gasteiger partial charge in [-0.2, -0.15) is 0 Å². The van der Waals surface area contributed by atoms with Crippen molar-refractivity contribution in [1.82, 2.24) is 0 Å². The number of hydrogen-bond donors (Lipinski definition) is 0. The summed E-state index contributed by atoms with van der Waals surface area (Å²) in [6.07, 6.45) is 0. The quantitative estimate of drug-likeness (QED) is 0.716. The van der Waals surface area contributed by atoms with E-state index in [0.717, 1.165) is 6.92 Å². The molecule has 0 spiro atoms. The number of carbonyl (C=O) groups is 1. The van der Waals surface area contributed by atoms with E-state index < -0.39 is 15.0 Å². The Hall–Kier alpha value is -1.16. The Balaban J connectivity index is 2.88. The minimum Gasteiger partial charge on any atom is -0.282 e. The fraction of sp³-hybridized carbons (Fsp3) is 0.222. The zero-order valence-electron chi connectivity index (χ0n) is 7.23. The molecule has 0 bridgehead atoms. The summed E-state index contributed by atoms with van der Waals surface area (Å²) < 4.78 is 22.3. The smallest absolute Gasteiger partial charge is 0.243 e. The van der Waals surface area contributed by atoms with E-state index in [-0.39, 0.29) is 5.75 Å². The highest BCUT2D eigenvalue weighted by atomic mass is 32.2. The van der Waals surface area contributed by atoms with Gasteiger partial charge in [0.25, 0.3) is 0 Å². The van der Waals surface area contributed by atoms with Crippen LogP contribution in [0.1, 0.15) is 12.5 Å². The molecule has 0 aliphatic heterocycles. The molecule has 0 fully saturated rings. The minimum atomic E-state index is -3.59. The van der Waals surface area contributed by atoms with Crippen molar-refractivity contribution in [2.24, 2.45) is 0 Å². The highest BCUT2D eigenvalue weighted by Crippen LogP contribution is 2.06. The van der Waals surface area contributed by atoms with Crippen LogP contribution in [0.3, 0.4) is 0 Å². The van der Waals surface area contributed by atoms with Crippen molar-refractivity contribution in [3.8, 4) is 0 Å². The Bertz CT molecular complexity index is 392. The first-order valence-electron chi connectivity index (χ1n) is 3.79. The van der Waals surface area contributed by atoms with Gasteiger partial charge in [-0.1, -0.05) is 30.3 Å². The molecule has 4 heteroatoms. The van der Waals surface area contributed by atoms with Crippen LogP contribution in [0.25, 0.3) is 0 Å². The van der Waals surface area contributed by atoms with Gasteiger partial charge in [0.05, 0.1) is 5.75 Å². The van der Waals surface area contributed by atoms with Crippen molar-refractivity contribution >= 4 is 15.0 Å². The summed E-state index contributed by atoms with van der Waals surface area (Å²) in [5.41, 5.74) is 0.637. The number of rotatable bonds is 2. The summed E-state index contributed by atoms with van der Waals surface area (Å²) >= 11 is 0. The predicted octanol–water partition coefficient (Wildman–Crippen LogP) is 1.15. The third-order valence-electron chi connectivity index (χ3n) is 1.64. The molecule has 1 aromatic rings. The van der Waals surface area contributed by atoms with Gasteiger partial charge in [-0.3, -0.25) is 4.79 Å². The topological polar surface area (TPSA) is 51.2 Å². The van der Waals surface area contributed by atoms with Gasteiger partial charge in [0.15, 0.2) is 0 Å². The predicted molar refractivity (Wildman–Crippen MR) is 49.7 cm³/mol. The Morgan fingerprint density at radius 1 is 1.23 bits per heavy atom. The van der Waals surface area contributed by atoms with Crippen molar-refractivity contribution in [2.75, 3.05) is 0 Å².